The van der Waals surface area contributed by atoms with Crippen LogP contribution in [0.4, 0.5) is 0 Å². The van der Waals surface area contributed by atoms with Gasteiger partial charge in [0, 0.05) is 18.2 Å². The standard InChI is InChI=1S/3C15H12O4/c3*16-11-4-1-10(2-5-11)3-8-14(18)13-7-6-12(17)9-15(13)19/h3*1-9,16-17,19H/b3*8-3+. The van der Waals surface area contributed by atoms with Crippen molar-refractivity contribution >= 4 is 35.6 Å². The van der Waals surface area contributed by atoms with E-state index in [0.29, 0.717) is 0 Å². The summed E-state index contributed by atoms with van der Waals surface area (Å²) in [4.78, 5) is 35.5. The number of carbonyl (C=O) groups excluding carboxylic acids is 3. The third-order valence-corrected chi connectivity index (χ3v) is 7.70. The summed E-state index contributed by atoms with van der Waals surface area (Å²) in [5.74, 6) is -1.74. The molecule has 0 spiro atoms. The second-order valence-electron chi connectivity index (χ2n) is 12.0. The van der Waals surface area contributed by atoms with Crippen LogP contribution in [0.15, 0.2) is 146 Å². The Kier molecular flexibility index (Phi) is 14.4. The number of aromatic hydroxyl groups is 9. The molecule has 6 aromatic carbocycles. The molecule has 0 aliphatic rings. The number of carbonyl (C=O) groups is 3. The maximum atomic E-state index is 11.8. The lowest BCUT2D eigenvalue weighted by molar-refractivity contribution is 0.103. The van der Waals surface area contributed by atoms with Gasteiger partial charge in [-0.3, -0.25) is 14.4 Å². The molecule has 12 heteroatoms. The zero-order valence-electron chi connectivity index (χ0n) is 29.8. The van der Waals surface area contributed by atoms with Gasteiger partial charge in [-0.15, -0.1) is 0 Å². The van der Waals surface area contributed by atoms with Gasteiger partial charge in [0.2, 0.25) is 0 Å². The Labute approximate surface area is 326 Å². The average molecular weight is 769 g/mol. The molecule has 0 radical (unpaired) electrons. The van der Waals surface area contributed by atoms with Gasteiger partial charge in [-0.1, -0.05) is 54.6 Å². The quantitative estimate of drug-likeness (QED) is 0.0501. The lowest BCUT2D eigenvalue weighted by Crippen LogP contribution is -1.94. The van der Waals surface area contributed by atoms with Crippen molar-refractivity contribution < 1.29 is 60.3 Å². The van der Waals surface area contributed by atoms with Crippen molar-refractivity contribution in [1.29, 1.82) is 0 Å². The van der Waals surface area contributed by atoms with Crippen LogP contribution in [0.25, 0.3) is 18.2 Å². The summed E-state index contributed by atoms with van der Waals surface area (Å²) in [6.07, 6.45) is 8.69. The van der Waals surface area contributed by atoms with Crippen molar-refractivity contribution in [3.05, 3.63) is 179 Å². The van der Waals surface area contributed by atoms with Gasteiger partial charge in [0.05, 0.1) is 16.7 Å². The predicted molar refractivity (Wildman–Crippen MR) is 214 cm³/mol. The smallest absolute Gasteiger partial charge is 0.189 e. The Morgan fingerprint density at radius 1 is 0.298 bits per heavy atom. The number of ketones is 3. The number of hydrogen-bond donors (Lipinski definition) is 9. The Morgan fingerprint density at radius 3 is 0.719 bits per heavy atom. The molecule has 12 nitrogen and oxygen atoms in total. The maximum absolute atomic E-state index is 11.8. The number of allylic oxidation sites excluding steroid dienone is 3. The number of benzene rings is 6. The average Bonchev–Trinajstić information content (AvgIpc) is 3.17. The summed E-state index contributed by atoms with van der Waals surface area (Å²) < 4.78 is 0. The van der Waals surface area contributed by atoms with Gasteiger partial charge in [-0.25, -0.2) is 0 Å². The fourth-order valence-corrected chi connectivity index (χ4v) is 4.73. The molecule has 57 heavy (non-hydrogen) atoms. The fourth-order valence-electron chi connectivity index (χ4n) is 4.73. The van der Waals surface area contributed by atoms with Crippen LogP contribution in [0, 0.1) is 0 Å². The van der Waals surface area contributed by atoms with Crippen LogP contribution in [0.2, 0.25) is 0 Å². The monoisotopic (exact) mass is 768 g/mol. The molecule has 0 aliphatic carbocycles. The lowest BCUT2D eigenvalue weighted by Gasteiger charge is -2.01. The number of rotatable bonds is 9. The molecule has 0 aromatic heterocycles. The molecule has 0 bridgehead atoms. The second-order valence-corrected chi connectivity index (χ2v) is 12.0. The lowest BCUT2D eigenvalue weighted by atomic mass is 10.1. The molecule has 6 rings (SSSR count). The van der Waals surface area contributed by atoms with E-state index in [2.05, 4.69) is 0 Å². The highest BCUT2D eigenvalue weighted by molar-refractivity contribution is 6.10. The van der Waals surface area contributed by atoms with Crippen LogP contribution in [-0.2, 0) is 0 Å². The van der Waals surface area contributed by atoms with Gasteiger partial charge >= 0.3 is 0 Å². The minimum Gasteiger partial charge on any atom is -0.508 e. The number of phenolic OH excluding ortho intramolecular Hbond substituents is 9. The third kappa shape index (κ3) is 13.0. The molecule has 6 aromatic rings. The van der Waals surface area contributed by atoms with E-state index < -0.39 is 0 Å². The van der Waals surface area contributed by atoms with Gasteiger partial charge in [-0.2, -0.15) is 0 Å². The second kappa shape index (κ2) is 19.7. The van der Waals surface area contributed by atoms with Crippen molar-refractivity contribution in [1.82, 2.24) is 0 Å². The third-order valence-electron chi connectivity index (χ3n) is 7.70. The summed E-state index contributed by atoms with van der Waals surface area (Å²) in [5.41, 5.74) is 2.62. The van der Waals surface area contributed by atoms with Crippen molar-refractivity contribution in [3.8, 4) is 51.7 Å². The minimum atomic E-state index is -0.370. The molecule has 0 atom stereocenters. The van der Waals surface area contributed by atoms with Crippen LogP contribution in [-0.4, -0.2) is 63.3 Å². The molecule has 0 saturated carbocycles. The highest BCUT2D eigenvalue weighted by Crippen LogP contribution is 2.26. The molecule has 0 unspecified atom stereocenters. The topological polar surface area (TPSA) is 233 Å². The SMILES string of the molecule is O=C(/C=C/c1ccc(O)cc1)c1ccc(O)cc1O.O=C(/C=C/c1ccc(O)cc1)c1ccc(O)cc1O.O=C(/C=C/c1ccc(O)cc1)c1ccc(O)cc1O. The highest BCUT2D eigenvalue weighted by atomic mass is 16.3. The van der Waals surface area contributed by atoms with E-state index in [9.17, 15) is 29.7 Å². The van der Waals surface area contributed by atoms with Crippen LogP contribution < -0.4 is 0 Å². The Balaban J connectivity index is 0.000000189. The van der Waals surface area contributed by atoms with Gasteiger partial charge in [0.1, 0.15) is 51.7 Å². The largest absolute Gasteiger partial charge is 0.508 e. The van der Waals surface area contributed by atoms with Gasteiger partial charge < -0.3 is 46.0 Å². The maximum Gasteiger partial charge on any atom is 0.189 e. The highest BCUT2D eigenvalue weighted by Gasteiger charge is 2.10. The molecule has 288 valence electrons. The summed E-state index contributed by atoms with van der Waals surface area (Å²) in [7, 11) is 0. The zero-order chi connectivity index (χ0) is 41.5. The molecule has 0 aliphatic heterocycles. The minimum absolute atomic E-state index is 0.100. The van der Waals surface area contributed by atoms with Gasteiger partial charge in [-0.05, 0) is 108 Å². The Morgan fingerprint density at radius 2 is 0.509 bits per heavy atom. The Hall–Kier alpha value is -8.25. The van der Waals surface area contributed by atoms with Crippen molar-refractivity contribution in [2.45, 2.75) is 0 Å². The van der Waals surface area contributed by atoms with Crippen LogP contribution >= 0.6 is 0 Å². The molecule has 0 fully saturated rings. The first-order valence-corrected chi connectivity index (χ1v) is 16.8. The first kappa shape index (κ1) is 41.5. The normalized spacial score (nSPS) is 10.7. The summed E-state index contributed by atoms with van der Waals surface area (Å²) in [6.45, 7) is 0. The van der Waals surface area contributed by atoms with E-state index >= 15 is 0 Å². The van der Waals surface area contributed by atoms with Crippen LogP contribution in [0.1, 0.15) is 47.8 Å². The molecular weight excluding hydrogens is 732 g/mol. The van der Waals surface area contributed by atoms with E-state index in [4.69, 9.17) is 30.6 Å². The van der Waals surface area contributed by atoms with Crippen molar-refractivity contribution in [2.24, 2.45) is 0 Å². The van der Waals surface area contributed by atoms with Crippen LogP contribution in [0.3, 0.4) is 0 Å². The summed E-state index contributed by atoms with van der Waals surface area (Å²) in [6, 6.07) is 30.5. The zero-order valence-corrected chi connectivity index (χ0v) is 29.8. The first-order chi connectivity index (χ1) is 27.2. The van der Waals surface area contributed by atoms with Crippen LogP contribution in [0.5, 0.6) is 51.7 Å². The summed E-state index contributed by atoms with van der Waals surface area (Å²) >= 11 is 0. The number of phenols is 9. The predicted octanol–water partition coefficient (Wildman–Crippen LogP) is 8.10. The Bertz CT molecular complexity index is 2150. The van der Waals surface area contributed by atoms with Gasteiger partial charge in [0.25, 0.3) is 0 Å². The van der Waals surface area contributed by atoms with E-state index in [0.717, 1.165) is 34.9 Å². The molecule has 0 heterocycles. The summed E-state index contributed by atoms with van der Waals surface area (Å²) in [5, 5.41) is 83.4. The molecule has 0 amide bonds. The van der Waals surface area contributed by atoms with E-state index in [1.54, 1.807) is 54.6 Å². The first-order valence-electron chi connectivity index (χ1n) is 16.8. The molecular formula is C45H36O12. The van der Waals surface area contributed by atoms with Crippen molar-refractivity contribution in [3.63, 3.8) is 0 Å². The molecule has 0 saturated heterocycles. The van der Waals surface area contributed by atoms with Gasteiger partial charge in [0.15, 0.2) is 17.3 Å². The van der Waals surface area contributed by atoms with E-state index in [-0.39, 0.29) is 85.8 Å². The molecule has 9 N–H and O–H groups in total. The van der Waals surface area contributed by atoms with E-state index in [1.165, 1.54) is 91.0 Å². The fraction of sp³-hybridized carbons (Fsp3) is 0. The van der Waals surface area contributed by atoms with Crippen molar-refractivity contribution in [2.75, 3.05) is 0 Å². The van der Waals surface area contributed by atoms with E-state index in [1.807, 2.05) is 0 Å². The number of hydrogen-bond acceptors (Lipinski definition) is 12.